The molecule has 0 spiro atoms. The summed E-state index contributed by atoms with van der Waals surface area (Å²) in [7, 11) is 0. The van der Waals surface area contributed by atoms with Crippen molar-refractivity contribution in [2.45, 2.75) is 112 Å². The first-order valence-corrected chi connectivity index (χ1v) is 13.4. The minimum Gasteiger partial charge on any atom is -0.299 e. The molecule has 0 bridgehead atoms. The lowest BCUT2D eigenvalue weighted by Crippen LogP contribution is -2.56. The molecule has 0 aliphatic heterocycles. The third-order valence-electron chi connectivity index (χ3n) is 11.3. The zero-order valence-corrected chi connectivity index (χ0v) is 22.7. The highest BCUT2D eigenvalue weighted by molar-refractivity contribution is 5.92. The van der Waals surface area contributed by atoms with Gasteiger partial charge in [0, 0.05) is 29.1 Å². The lowest BCUT2D eigenvalue weighted by atomic mass is 9.43. The molecule has 6 atom stereocenters. The van der Waals surface area contributed by atoms with Crippen molar-refractivity contribution >= 4 is 11.6 Å². The summed E-state index contributed by atoms with van der Waals surface area (Å²) < 4.78 is 0. The van der Waals surface area contributed by atoms with Crippen molar-refractivity contribution in [1.29, 1.82) is 0 Å². The number of fused-ring (bicyclic) bond motifs is 4. The Morgan fingerprint density at radius 2 is 1.71 bits per heavy atom. The van der Waals surface area contributed by atoms with Crippen LogP contribution in [-0.2, 0) is 14.5 Å². The second kappa shape index (κ2) is 8.13. The van der Waals surface area contributed by atoms with E-state index in [2.05, 4.69) is 52.5 Å². The smallest absolute Gasteiger partial charge is 0.143 e. The fourth-order valence-electron chi connectivity index (χ4n) is 8.94. The van der Waals surface area contributed by atoms with E-state index in [-0.39, 0.29) is 21.7 Å². The zero-order chi connectivity index (χ0) is 25.3. The molecule has 0 aromatic carbocycles. The van der Waals surface area contributed by atoms with E-state index in [0.717, 1.165) is 38.5 Å². The van der Waals surface area contributed by atoms with Gasteiger partial charge in [-0.2, -0.15) is 0 Å². The van der Waals surface area contributed by atoms with Crippen LogP contribution in [0, 0.1) is 39.4 Å². The van der Waals surface area contributed by atoms with Crippen molar-refractivity contribution < 1.29 is 19.7 Å². The number of hydrogen-bond acceptors (Lipinski definition) is 4. The van der Waals surface area contributed by atoms with Gasteiger partial charge < -0.3 is 0 Å². The van der Waals surface area contributed by atoms with E-state index in [0.29, 0.717) is 42.2 Å². The Balaban J connectivity index is 1.68. The Bertz CT molecular complexity index is 939. The molecule has 190 valence electrons. The number of carbonyl (C=O) groups excluding carboxylic acids is 2. The molecule has 4 aliphatic carbocycles. The van der Waals surface area contributed by atoms with Crippen molar-refractivity contribution in [2.24, 2.45) is 39.4 Å². The first-order valence-electron chi connectivity index (χ1n) is 13.4. The van der Waals surface area contributed by atoms with Crippen LogP contribution in [0.15, 0.2) is 23.3 Å². The van der Waals surface area contributed by atoms with Gasteiger partial charge in [-0.25, -0.2) is 4.89 Å². The molecule has 0 aromatic rings. The maximum atomic E-state index is 14.1. The van der Waals surface area contributed by atoms with Crippen molar-refractivity contribution in [3.05, 3.63) is 23.3 Å². The van der Waals surface area contributed by atoms with Gasteiger partial charge in [0.15, 0.2) is 0 Å². The Hall–Kier alpha value is -1.26. The lowest BCUT2D eigenvalue weighted by Gasteiger charge is -2.60. The summed E-state index contributed by atoms with van der Waals surface area (Å²) in [4.78, 5) is 31.5. The minimum absolute atomic E-state index is 0.0344. The molecule has 0 unspecified atom stereocenters. The monoisotopic (exact) mass is 470 g/mol. The first kappa shape index (κ1) is 25.8. The quantitative estimate of drug-likeness (QED) is 0.259. The van der Waals surface area contributed by atoms with Crippen molar-refractivity contribution in [1.82, 2.24) is 0 Å². The average Bonchev–Trinajstić information content (AvgIpc) is 3.05. The van der Waals surface area contributed by atoms with Crippen LogP contribution in [0.2, 0.25) is 0 Å². The first-order chi connectivity index (χ1) is 15.6. The predicted molar refractivity (Wildman–Crippen MR) is 135 cm³/mol. The Labute approximate surface area is 206 Å². The fourth-order valence-corrected chi connectivity index (χ4v) is 8.94. The van der Waals surface area contributed by atoms with Gasteiger partial charge in [0.25, 0.3) is 0 Å². The summed E-state index contributed by atoms with van der Waals surface area (Å²) in [5.41, 5.74) is 1.51. The third-order valence-corrected chi connectivity index (χ3v) is 11.3. The van der Waals surface area contributed by atoms with E-state index in [1.165, 1.54) is 5.57 Å². The molecule has 0 amide bonds. The van der Waals surface area contributed by atoms with Crippen LogP contribution in [-0.4, -0.2) is 22.4 Å². The molecule has 4 nitrogen and oxygen atoms in total. The summed E-state index contributed by atoms with van der Waals surface area (Å²) in [6, 6.07) is 0. The molecule has 0 saturated heterocycles. The van der Waals surface area contributed by atoms with Gasteiger partial charge in [0.2, 0.25) is 0 Å². The SMILES string of the molecule is C[C@H](C/C=C/C(C)(C)OO)[C@H]1CC[C@@]2(C)C3=C(CC(=O)[C@]12C)[C@@]1(C)CCC(=O)C(C)(C)[C@@H]1CC3. The number of ketones is 2. The summed E-state index contributed by atoms with van der Waals surface area (Å²) in [5.74, 6) is 1.87. The molecule has 4 heteroatoms. The Kier molecular flexibility index (Phi) is 6.17. The van der Waals surface area contributed by atoms with Gasteiger partial charge in [-0.1, -0.05) is 64.8 Å². The van der Waals surface area contributed by atoms with Crippen LogP contribution in [0.4, 0.5) is 0 Å². The van der Waals surface area contributed by atoms with Gasteiger partial charge in [-0.15, -0.1) is 0 Å². The molecule has 4 aliphatic rings. The van der Waals surface area contributed by atoms with Crippen LogP contribution < -0.4 is 0 Å². The van der Waals surface area contributed by atoms with Gasteiger partial charge in [-0.3, -0.25) is 14.8 Å². The molecular formula is C30H46O4. The standard InChI is InChI=1S/C30H46O4/c1-19(10-9-15-26(2,3)34-33)20-13-17-29(7)21-11-12-23-27(4,5)24(31)14-16-28(23,6)22(21)18-25(32)30(20,29)8/h9,15,19-20,23,33H,10-14,16-18H2,1-8H3/b15-9+/t19-,20-,23+,28-,29+,30+/m1/s1. The second-order valence-corrected chi connectivity index (χ2v) is 13.7. The van der Waals surface area contributed by atoms with Crippen LogP contribution in [0.1, 0.15) is 107 Å². The summed E-state index contributed by atoms with van der Waals surface area (Å²) >= 11 is 0. The van der Waals surface area contributed by atoms with Gasteiger partial charge >= 0.3 is 0 Å². The van der Waals surface area contributed by atoms with Crippen molar-refractivity contribution in [3.8, 4) is 0 Å². The van der Waals surface area contributed by atoms with E-state index >= 15 is 0 Å². The maximum Gasteiger partial charge on any atom is 0.143 e. The van der Waals surface area contributed by atoms with Crippen LogP contribution in [0.5, 0.6) is 0 Å². The van der Waals surface area contributed by atoms with E-state index in [1.54, 1.807) is 5.57 Å². The van der Waals surface area contributed by atoms with E-state index in [9.17, 15) is 9.59 Å². The molecule has 2 fully saturated rings. The van der Waals surface area contributed by atoms with Gasteiger partial charge in [0.05, 0.1) is 0 Å². The van der Waals surface area contributed by atoms with E-state index < -0.39 is 5.60 Å². The van der Waals surface area contributed by atoms with E-state index in [1.807, 2.05) is 19.9 Å². The molecule has 2 saturated carbocycles. The molecule has 34 heavy (non-hydrogen) atoms. The second-order valence-electron chi connectivity index (χ2n) is 13.7. The fraction of sp³-hybridized carbons (Fsp3) is 0.800. The number of rotatable bonds is 5. The molecular weight excluding hydrogens is 424 g/mol. The summed E-state index contributed by atoms with van der Waals surface area (Å²) in [5, 5.41) is 9.08. The summed E-state index contributed by atoms with van der Waals surface area (Å²) in [6.07, 6.45) is 11.2. The van der Waals surface area contributed by atoms with Crippen LogP contribution in [0.25, 0.3) is 0 Å². The summed E-state index contributed by atoms with van der Waals surface area (Å²) in [6.45, 7) is 17.2. The molecule has 0 heterocycles. The Morgan fingerprint density at radius 1 is 1.03 bits per heavy atom. The van der Waals surface area contributed by atoms with Crippen molar-refractivity contribution in [2.75, 3.05) is 0 Å². The molecule has 0 aromatic heterocycles. The largest absolute Gasteiger partial charge is 0.299 e. The third kappa shape index (κ3) is 3.45. The highest BCUT2D eigenvalue weighted by atomic mass is 17.1. The molecule has 1 N–H and O–H groups in total. The van der Waals surface area contributed by atoms with Crippen LogP contribution in [0.3, 0.4) is 0 Å². The predicted octanol–water partition coefficient (Wildman–Crippen LogP) is 7.33. The van der Waals surface area contributed by atoms with Crippen molar-refractivity contribution in [3.63, 3.8) is 0 Å². The zero-order valence-electron chi connectivity index (χ0n) is 22.7. The highest BCUT2D eigenvalue weighted by Gasteiger charge is 2.66. The number of allylic oxidation sites excluding steroid dienone is 3. The topological polar surface area (TPSA) is 63.6 Å². The Morgan fingerprint density at radius 3 is 2.35 bits per heavy atom. The number of hydrogen-bond donors (Lipinski definition) is 1. The molecule has 0 radical (unpaired) electrons. The maximum absolute atomic E-state index is 14.1. The number of carbonyl (C=O) groups is 2. The molecule has 4 rings (SSSR count). The lowest BCUT2D eigenvalue weighted by molar-refractivity contribution is -0.297. The average molecular weight is 471 g/mol. The van der Waals surface area contributed by atoms with Gasteiger partial charge in [-0.05, 0) is 75.5 Å². The van der Waals surface area contributed by atoms with Crippen LogP contribution >= 0.6 is 0 Å². The van der Waals surface area contributed by atoms with E-state index in [4.69, 9.17) is 5.26 Å². The van der Waals surface area contributed by atoms with Gasteiger partial charge in [0.1, 0.15) is 17.2 Å². The normalized spacial score (nSPS) is 40.9. The number of Topliss-reactive ketones (excluding diaryl/α,β-unsaturated/α-hetero) is 2. The minimum atomic E-state index is -0.697. The highest BCUT2D eigenvalue weighted by Crippen LogP contribution is 2.71.